The van der Waals surface area contributed by atoms with Crippen molar-refractivity contribution in [3.8, 4) is 0 Å². The standard InChI is InChI=1S/C42H56N3.C39H53N3.C15H26.C12H26.C10H12/c1-30(16-18-33-10-7-12-35-20-23-44(5)28-41(33)35)32(3)40(26-37-14-9-15-38-27-43(4)25-22-39(37)38)31(2)17-19-34-11-8-13-36-21-24-45(6)29-42(34)36;1-27(13-15-30-7-4-9-32-17-20-41-25-38(30)32)29(3)37(23-34-11-6-12-35-24-40-22-19-36(34)35)28(2)14-16-31-8-5-10-33-18-21-42-26-39(31)33;1-7-10-12(4)14(6)15(9-3)13(5)11-8-2;1-7-9(3)11(5)12(6)10(4)8-2;1-2-6-10-8-4-3-7-9(10)5-1/h7-15,27-32,40H,16-26H2,1-6H3;4-12,27-29,37,40-42H,13-26H2,1-3H3;7-9,12-15H,1-3,10-11H2,4-6H3;9-12H,7-8H2,1-6H3;1-2,5-6H,3-4,7-8H2/q+3;;;;. The highest BCUT2D eigenvalue weighted by molar-refractivity contribution is 5.82. The van der Waals surface area contributed by atoms with Gasteiger partial charge in [-0.05, 0) is 337 Å². The van der Waals surface area contributed by atoms with E-state index in [-0.39, 0.29) is 0 Å². The first kappa shape index (κ1) is 98.8. The van der Waals surface area contributed by atoms with Crippen molar-refractivity contribution in [2.75, 3.05) is 60.4 Å². The van der Waals surface area contributed by atoms with E-state index in [1.165, 1.54) is 160 Å². The molecule has 6 aliphatic heterocycles. The number of rotatable bonds is 35. The summed E-state index contributed by atoms with van der Waals surface area (Å²) in [4.78, 5) is 0. The van der Waals surface area contributed by atoms with Crippen molar-refractivity contribution in [1.29, 1.82) is 0 Å². The quantitative estimate of drug-likeness (QED) is 0.0274. The van der Waals surface area contributed by atoms with Gasteiger partial charge >= 0.3 is 0 Å². The lowest BCUT2D eigenvalue weighted by Crippen LogP contribution is -2.30. The lowest BCUT2D eigenvalue weighted by Gasteiger charge is -2.35. The summed E-state index contributed by atoms with van der Waals surface area (Å²) in [5.41, 5.74) is 31.1. The van der Waals surface area contributed by atoms with Crippen LogP contribution >= 0.6 is 0 Å². The van der Waals surface area contributed by atoms with Gasteiger partial charge in [0.05, 0.1) is 0 Å². The molecule has 6 nitrogen and oxygen atoms in total. The van der Waals surface area contributed by atoms with Crippen molar-refractivity contribution in [3.05, 3.63) is 283 Å². The third kappa shape index (κ3) is 27.8. The molecule has 16 atom stereocenters. The van der Waals surface area contributed by atoms with Crippen molar-refractivity contribution in [2.45, 2.75) is 278 Å². The highest BCUT2D eigenvalue weighted by Crippen LogP contribution is 2.41. The fourth-order valence-corrected chi connectivity index (χ4v) is 22.4. The van der Waals surface area contributed by atoms with Gasteiger partial charge in [-0.2, -0.15) is 0 Å². The lowest BCUT2D eigenvalue weighted by atomic mass is 9.70. The molecule has 0 fully saturated rings. The van der Waals surface area contributed by atoms with Crippen LogP contribution < -0.4 is 16.0 Å². The van der Waals surface area contributed by atoms with Gasteiger partial charge in [-0.1, -0.05) is 262 Å². The Labute approximate surface area is 758 Å². The van der Waals surface area contributed by atoms with Crippen LogP contribution in [0.2, 0.25) is 0 Å². The van der Waals surface area contributed by atoms with Crippen LogP contribution in [0.3, 0.4) is 0 Å². The average Bonchev–Trinajstić information content (AvgIpc) is 0.806. The van der Waals surface area contributed by atoms with E-state index in [9.17, 15) is 0 Å². The fraction of sp³-hybridized carbons (Fsp3) is 0.568. The molecule has 0 amide bonds. The van der Waals surface area contributed by atoms with Crippen LogP contribution in [0.5, 0.6) is 0 Å². The van der Waals surface area contributed by atoms with Crippen LogP contribution in [0.15, 0.2) is 171 Å². The largest absolute Gasteiger partial charge is 0.312 e. The molecule has 7 aromatic rings. The topological polar surface area (TPSA) is 45.1 Å². The van der Waals surface area contributed by atoms with E-state index in [2.05, 4.69) is 333 Å². The first-order chi connectivity index (χ1) is 59.9. The Morgan fingerprint density at radius 2 is 0.710 bits per heavy atom. The number of hydrogen-bond donors (Lipinski definition) is 3. The van der Waals surface area contributed by atoms with Crippen molar-refractivity contribution in [3.63, 3.8) is 0 Å². The van der Waals surface area contributed by atoms with E-state index in [0.29, 0.717) is 71.0 Å². The minimum absolute atomic E-state index is 0.581. The molecule has 0 saturated heterocycles. The summed E-state index contributed by atoms with van der Waals surface area (Å²) in [6.07, 6.45) is 42.6. The molecule has 6 heteroatoms. The summed E-state index contributed by atoms with van der Waals surface area (Å²) in [5, 5.41) is 10.8. The number of aryl methyl sites for hydroxylation is 6. The molecule has 16 unspecified atom stereocenters. The zero-order valence-electron chi connectivity index (χ0n) is 81.7. The number of nitrogens with one attached hydrogen (secondary N) is 3. The Hall–Kier alpha value is -7.35. The predicted octanol–water partition coefficient (Wildman–Crippen LogP) is 25.6. The van der Waals surface area contributed by atoms with Gasteiger partial charge in [0.25, 0.3) is 0 Å². The maximum absolute atomic E-state index is 3.97. The van der Waals surface area contributed by atoms with E-state index >= 15 is 0 Å². The maximum atomic E-state index is 3.97. The van der Waals surface area contributed by atoms with Crippen molar-refractivity contribution in [1.82, 2.24) is 16.0 Å². The van der Waals surface area contributed by atoms with Gasteiger partial charge in [0.15, 0.2) is 18.6 Å². The molecule has 0 aromatic heterocycles. The van der Waals surface area contributed by atoms with Crippen molar-refractivity contribution < 1.29 is 13.7 Å². The van der Waals surface area contributed by atoms with Gasteiger partial charge in [-0.3, -0.25) is 0 Å². The zero-order valence-corrected chi connectivity index (χ0v) is 81.7. The molecule has 0 bridgehead atoms. The first-order valence-electron chi connectivity index (χ1n) is 50.2. The first-order valence-corrected chi connectivity index (χ1v) is 50.2. The van der Waals surface area contributed by atoms with Crippen LogP contribution in [-0.4, -0.2) is 92.8 Å². The summed E-state index contributed by atoms with van der Waals surface area (Å²) in [6, 6.07) is 51.1. The maximum Gasteiger partial charge on any atom is 0.171 e. The molecule has 672 valence electrons. The normalized spacial score (nSPS) is 18.8. The molecule has 7 aliphatic rings. The van der Waals surface area contributed by atoms with Crippen LogP contribution in [0.4, 0.5) is 0 Å². The van der Waals surface area contributed by atoms with Gasteiger partial charge in [-0.15, -0.1) is 19.7 Å². The number of fused-ring (bicyclic) bond motifs is 7. The molecule has 7 aromatic carbocycles. The SMILES string of the molecule is C=CCC(C)C(C)C(C=C)C(C)CC=C.CC(CCc1cccc2c1C=[N+](C)CC2)C(C)C(Cc1cccc2c1CC[N+](C)=C2)C(C)CCc1cccc2c1C=[N+](C)CC2.CC(CCc1cccc2c1CNCC2)C(C)C(Cc1cccc2c1CCNC2)C(C)CCc1cccc2c1CNCC2.CCC(C)C(C)C(C)C(C)CC.c1ccc2c(c1)CCCC2. The van der Waals surface area contributed by atoms with Crippen molar-refractivity contribution >= 4 is 18.6 Å². The number of benzene rings is 7. The number of nitrogens with zero attached hydrogens (tertiary/aromatic N) is 3. The highest BCUT2D eigenvalue weighted by atomic mass is 15.0. The molecule has 0 saturated carbocycles. The summed E-state index contributed by atoms with van der Waals surface area (Å²) in [7, 11) is 6.65. The number of likely N-dealkylation sites (N-methyl/N-ethyl adjacent to an activating group) is 3. The van der Waals surface area contributed by atoms with Gasteiger partial charge in [0, 0.05) is 55.6 Å². The van der Waals surface area contributed by atoms with E-state index in [4.69, 9.17) is 0 Å². The Balaban J connectivity index is 0.000000185. The predicted molar refractivity (Wildman–Crippen MR) is 538 cm³/mol. The van der Waals surface area contributed by atoms with E-state index in [0.717, 1.165) is 121 Å². The highest BCUT2D eigenvalue weighted by Gasteiger charge is 2.34. The van der Waals surface area contributed by atoms with Gasteiger partial charge < -0.3 is 16.0 Å². The molecule has 6 heterocycles. The number of hydrogen-bond acceptors (Lipinski definition) is 3. The second-order valence-electron chi connectivity index (χ2n) is 40.6. The lowest BCUT2D eigenvalue weighted by molar-refractivity contribution is -0.493. The molecule has 124 heavy (non-hydrogen) atoms. The molecular formula is C118H173N6+3. The third-order valence-electron chi connectivity index (χ3n) is 32.5. The van der Waals surface area contributed by atoms with Gasteiger partial charge in [0.2, 0.25) is 0 Å². The molecule has 3 N–H and O–H groups in total. The smallest absolute Gasteiger partial charge is 0.171 e. The van der Waals surface area contributed by atoms with Crippen LogP contribution in [-0.2, 0) is 110 Å². The van der Waals surface area contributed by atoms with Crippen LogP contribution in [0.25, 0.3) is 0 Å². The Kier molecular flexibility index (Phi) is 40.2. The van der Waals surface area contributed by atoms with E-state index in [1.54, 1.807) is 66.8 Å². The van der Waals surface area contributed by atoms with E-state index in [1.807, 2.05) is 12.2 Å². The van der Waals surface area contributed by atoms with Gasteiger partial charge in [0.1, 0.15) is 40.8 Å². The van der Waals surface area contributed by atoms with Gasteiger partial charge in [-0.25, -0.2) is 13.7 Å². The second-order valence-corrected chi connectivity index (χ2v) is 40.6. The summed E-state index contributed by atoms with van der Waals surface area (Å²) >= 11 is 0. The average molecular weight is 1680 g/mol. The van der Waals surface area contributed by atoms with Crippen LogP contribution in [0, 0.1) is 94.7 Å². The Morgan fingerprint density at radius 3 is 1.19 bits per heavy atom. The molecule has 0 radical (unpaired) electrons. The fourth-order valence-electron chi connectivity index (χ4n) is 22.4. The minimum Gasteiger partial charge on any atom is -0.312 e. The molecule has 14 rings (SSSR count). The Bertz CT molecular complexity index is 4540. The summed E-state index contributed by atoms with van der Waals surface area (Å²) < 4.78 is 7.09. The molecule has 1 aliphatic carbocycles. The van der Waals surface area contributed by atoms with E-state index < -0.39 is 0 Å². The monoisotopic (exact) mass is 1670 g/mol. The minimum atomic E-state index is 0.581. The summed E-state index contributed by atoms with van der Waals surface area (Å²) in [6.45, 7) is 57.8. The van der Waals surface area contributed by atoms with Crippen LogP contribution in [0.1, 0.15) is 279 Å². The summed E-state index contributed by atoms with van der Waals surface area (Å²) in [5.74, 6) is 11.5. The second kappa shape index (κ2) is 50.4. The zero-order chi connectivity index (χ0) is 88.8. The number of allylic oxidation sites excluding steroid dienone is 3. The molecular weight excluding hydrogens is 1500 g/mol. The van der Waals surface area contributed by atoms with Crippen molar-refractivity contribution in [2.24, 2.45) is 94.7 Å². The third-order valence-corrected chi connectivity index (χ3v) is 32.5. The Morgan fingerprint density at radius 1 is 0.323 bits per heavy atom. The molecule has 0 spiro atoms.